The van der Waals surface area contributed by atoms with Crippen LogP contribution in [0.15, 0.2) is 66.9 Å². The van der Waals surface area contributed by atoms with Gasteiger partial charge in [0.15, 0.2) is 11.4 Å². The van der Waals surface area contributed by atoms with Crippen LogP contribution in [0.5, 0.6) is 5.75 Å². The summed E-state index contributed by atoms with van der Waals surface area (Å²) in [5.41, 5.74) is 4.67. The number of benzene rings is 2. The number of nitrogens with zero attached hydrogens (tertiary/aromatic N) is 4. The molecule has 29 heavy (non-hydrogen) atoms. The van der Waals surface area contributed by atoms with Gasteiger partial charge >= 0.3 is 0 Å². The molecule has 0 saturated carbocycles. The average Bonchev–Trinajstić information content (AvgIpc) is 3.32. The number of aryl methyl sites for hydroxylation is 2. The second kappa shape index (κ2) is 7.63. The maximum absolute atomic E-state index is 12.8. The molecule has 0 radical (unpaired) electrons. The lowest BCUT2D eigenvalue weighted by Gasteiger charge is -2.07. The highest BCUT2D eigenvalue weighted by molar-refractivity contribution is 6.04. The zero-order valence-electron chi connectivity index (χ0n) is 16.5. The summed E-state index contributed by atoms with van der Waals surface area (Å²) in [6.07, 6.45) is 1.69. The first kappa shape index (κ1) is 18.5. The Morgan fingerprint density at radius 2 is 1.69 bits per heavy atom. The number of rotatable bonds is 5. The van der Waals surface area contributed by atoms with E-state index in [9.17, 15) is 4.79 Å². The maximum Gasteiger partial charge on any atom is 0.280 e. The molecule has 2 aromatic heterocycles. The second-order valence-corrected chi connectivity index (χ2v) is 6.67. The van der Waals surface area contributed by atoms with Crippen molar-refractivity contribution in [1.29, 1.82) is 0 Å². The SMILES string of the molecule is COc1cn(-c2ccccc2)nc1C(=O)Nc1ccc(-n2nc(C)cc2C)cc1. The lowest BCUT2D eigenvalue weighted by molar-refractivity contribution is 0.101. The van der Waals surface area contributed by atoms with Crippen molar-refractivity contribution < 1.29 is 9.53 Å². The molecule has 2 aromatic carbocycles. The first-order chi connectivity index (χ1) is 14.0. The number of carbonyl (C=O) groups is 1. The van der Waals surface area contributed by atoms with Crippen molar-refractivity contribution in [2.24, 2.45) is 0 Å². The molecule has 7 nitrogen and oxygen atoms in total. The molecule has 0 bridgehead atoms. The van der Waals surface area contributed by atoms with Gasteiger partial charge in [0.25, 0.3) is 5.91 Å². The molecule has 1 N–H and O–H groups in total. The first-order valence-electron chi connectivity index (χ1n) is 9.19. The van der Waals surface area contributed by atoms with Gasteiger partial charge in [0.1, 0.15) is 0 Å². The van der Waals surface area contributed by atoms with E-state index < -0.39 is 0 Å². The Hall–Kier alpha value is -3.87. The average molecular weight is 387 g/mol. The van der Waals surface area contributed by atoms with E-state index in [0.29, 0.717) is 11.4 Å². The molecule has 0 aliphatic carbocycles. The van der Waals surface area contributed by atoms with Crippen molar-refractivity contribution in [2.75, 3.05) is 12.4 Å². The predicted molar refractivity (Wildman–Crippen MR) is 111 cm³/mol. The van der Waals surface area contributed by atoms with Gasteiger partial charge in [-0.05, 0) is 56.3 Å². The molecule has 146 valence electrons. The highest BCUT2D eigenvalue weighted by Gasteiger charge is 2.18. The molecule has 0 aliphatic heterocycles. The van der Waals surface area contributed by atoms with Crippen molar-refractivity contribution in [3.8, 4) is 17.1 Å². The number of anilines is 1. The van der Waals surface area contributed by atoms with Gasteiger partial charge in [0, 0.05) is 11.4 Å². The zero-order valence-corrected chi connectivity index (χ0v) is 16.5. The number of ether oxygens (including phenoxy) is 1. The summed E-state index contributed by atoms with van der Waals surface area (Å²) in [5, 5.41) is 11.7. The van der Waals surface area contributed by atoms with Crippen LogP contribution in [0.25, 0.3) is 11.4 Å². The number of hydrogen-bond acceptors (Lipinski definition) is 4. The number of para-hydroxylation sites is 1. The number of nitrogens with one attached hydrogen (secondary N) is 1. The van der Waals surface area contributed by atoms with Crippen LogP contribution in [0.2, 0.25) is 0 Å². The summed E-state index contributed by atoms with van der Waals surface area (Å²) >= 11 is 0. The lowest BCUT2D eigenvalue weighted by atomic mass is 10.2. The Bertz CT molecular complexity index is 1140. The van der Waals surface area contributed by atoms with E-state index in [1.165, 1.54) is 7.11 Å². The fourth-order valence-electron chi connectivity index (χ4n) is 3.14. The minimum Gasteiger partial charge on any atom is -0.493 e. The minimum absolute atomic E-state index is 0.221. The molecule has 2 heterocycles. The van der Waals surface area contributed by atoms with Crippen LogP contribution >= 0.6 is 0 Å². The Labute approximate surface area is 168 Å². The molecule has 0 saturated heterocycles. The van der Waals surface area contributed by atoms with Crippen LogP contribution in [0.4, 0.5) is 5.69 Å². The van der Waals surface area contributed by atoms with E-state index in [0.717, 1.165) is 22.8 Å². The van der Waals surface area contributed by atoms with Gasteiger partial charge in [0.05, 0.1) is 30.4 Å². The summed E-state index contributed by atoms with van der Waals surface area (Å²) in [6, 6.07) is 19.1. The molecular formula is C22H21N5O2. The Balaban J connectivity index is 1.55. The van der Waals surface area contributed by atoms with E-state index in [2.05, 4.69) is 15.5 Å². The summed E-state index contributed by atoms with van der Waals surface area (Å²) in [6.45, 7) is 3.96. The molecule has 7 heteroatoms. The molecule has 0 atom stereocenters. The van der Waals surface area contributed by atoms with Crippen LogP contribution in [0.1, 0.15) is 21.9 Å². The van der Waals surface area contributed by atoms with Crippen molar-refractivity contribution in [1.82, 2.24) is 19.6 Å². The fraction of sp³-hybridized carbons (Fsp3) is 0.136. The van der Waals surface area contributed by atoms with Gasteiger partial charge in [-0.1, -0.05) is 18.2 Å². The van der Waals surface area contributed by atoms with E-state index in [-0.39, 0.29) is 11.6 Å². The van der Waals surface area contributed by atoms with Gasteiger partial charge in [-0.25, -0.2) is 9.36 Å². The Kier molecular flexibility index (Phi) is 4.87. The summed E-state index contributed by atoms with van der Waals surface area (Å²) in [4.78, 5) is 12.8. The summed E-state index contributed by atoms with van der Waals surface area (Å²) < 4.78 is 8.83. The van der Waals surface area contributed by atoms with Gasteiger partial charge in [-0.3, -0.25) is 4.79 Å². The van der Waals surface area contributed by atoms with E-state index in [4.69, 9.17) is 4.74 Å². The molecule has 4 rings (SSSR count). The topological polar surface area (TPSA) is 74.0 Å². The number of carbonyl (C=O) groups excluding carboxylic acids is 1. The van der Waals surface area contributed by atoms with Crippen LogP contribution in [-0.2, 0) is 0 Å². The number of methoxy groups -OCH3 is 1. The monoisotopic (exact) mass is 387 g/mol. The van der Waals surface area contributed by atoms with Crippen molar-refractivity contribution in [3.63, 3.8) is 0 Å². The van der Waals surface area contributed by atoms with Crippen LogP contribution in [0.3, 0.4) is 0 Å². The number of aromatic nitrogens is 4. The van der Waals surface area contributed by atoms with Crippen molar-refractivity contribution >= 4 is 11.6 Å². The molecule has 0 spiro atoms. The second-order valence-electron chi connectivity index (χ2n) is 6.67. The molecule has 4 aromatic rings. The quantitative estimate of drug-likeness (QED) is 0.563. The normalized spacial score (nSPS) is 10.7. The number of amides is 1. The molecular weight excluding hydrogens is 366 g/mol. The highest BCUT2D eigenvalue weighted by Crippen LogP contribution is 2.22. The highest BCUT2D eigenvalue weighted by atomic mass is 16.5. The molecule has 0 aliphatic rings. The standard InChI is InChI=1S/C22H21N5O2/c1-15-13-16(2)27(24-15)19-11-9-17(10-12-19)23-22(28)21-20(29-3)14-26(25-21)18-7-5-4-6-8-18/h4-14H,1-3H3,(H,23,28). The van der Waals surface area contributed by atoms with Gasteiger partial charge in [0.2, 0.25) is 0 Å². The molecule has 1 amide bonds. The lowest BCUT2D eigenvalue weighted by Crippen LogP contribution is -2.14. The third-order valence-corrected chi connectivity index (χ3v) is 4.52. The minimum atomic E-state index is -0.338. The molecule has 0 fully saturated rings. The van der Waals surface area contributed by atoms with Gasteiger partial charge in [-0.2, -0.15) is 10.2 Å². The Morgan fingerprint density at radius 3 is 2.31 bits per heavy atom. The van der Waals surface area contributed by atoms with Crippen LogP contribution < -0.4 is 10.1 Å². The van der Waals surface area contributed by atoms with Crippen molar-refractivity contribution in [3.05, 3.63) is 83.9 Å². The largest absolute Gasteiger partial charge is 0.493 e. The zero-order chi connectivity index (χ0) is 20.4. The van der Waals surface area contributed by atoms with Crippen LogP contribution in [0, 0.1) is 13.8 Å². The third kappa shape index (κ3) is 3.75. The van der Waals surface area contributed by atoms with Gasteiger partial charge in [-0.15, -0.1) is 0 Å². The van der Waals surface area contributed by atoms with E-state index in [1.807, 2.05) is 79.2 Å². The van der Waals surface area contributed by atoms with E-state index in [1.54, 1.807) is 10.9 Å². The number of hydrogen-bond donors (Lipinski definition) is 1. The summed E-state index contributed by atoms with van der Waals surface area (Å²) in [5.74, 6) is 0.0704. The first-order valence-corrected chi connectivity index (χ1v) is 9.19. The van der Waals surface area contributed by atoms with Crippen molar-refractivity contribution in [2.45, 2.75) is 13.8 Å². The van der Waals surface area contributed by atoms with Crippen LogP contribution in [-0.4, -0.2) is 32.6 Å². The Morgan fingerprint density at radius 1 is 0.966 bits per heavy atom. The predicted octanol–water partition coefficient (Wildman–Crippen LogP) is 3.94. The van der Waals surface area contributed by atoms with Gasteiger partial charge < -0.3 is 10.1 Å². The fourth-order valence-corrected chi connectivity index (χ4v) is 3.14. The molecule has 0 unspecified atom stereocenters. The smallest absolute Gasteiger partial charge is 0.280 e. The third-order valence-electron chi connectivity index (χ3n) is 4.52. The maximum atomic E-state index is 12.8. The summed E-state index contributed by atoms with van der Waals surface area (Å²) in [7, 11) is 1.52. The van der Waals surface area contributed by atoms with E-state index >= 15 is 0 Å².